The molecule has 0 aliphatic heterocycles. The third-order valence-corrected chi connectivity index (χ3v) is 2.66. The van der Waals surface area contributed by atoms with Gasteiger partial charge in [0.1, 0.15) is 11.4 Å². The molecule has 2 nitrogen and oxygen atoms in total. The second kappa shape index (κ2) is 4.45. The topological polar surface area (TPSA) is 8.81 Å². The van der Waals surface area contributed by atoms with E-state index in [1.165, 1.54) is 11.4 Å². The number of rotatable bonds is 4. The molecule has 74 valence electrons. The van der Waals surface area contributed by atoms with Gasteiger partial charge in [-0.05, 0) is 13.8 Å². The van der Waals surface area contributed by atoms with Gasteiger partial charge in [0.25, 0.3) is 0 Å². The first-order valence-electron chi connectivity index (χ1n) is 5.38. The molecule has 0 N–H and O–H groups in total. The summed E-state index contributed by atoms with van der Waals surface area (Å²) in [6, 6.07) is 0. The summed E-state index contributed by atoms with van der Waals surface area (Å²) in [4.78, 5) is 0. The standard InChI is InChI=1S/C11H21N2/c1-5-10-11(6-2)13(8-4)9-12(10)7-3/h9H,5-8H2,1-4H3/q+1. The van der Waals surface area contributed by atoms with Crippen molar-refractivity contribution in [1.82, 2.24) is 4.57 Å². The van der Waals surface area contributed by atoms with E-state index in [0.29, 0.717) is 0 Å². The zero-order valence-electron chi connectivity index (χ0n) is 9.30. The molecule has 0 aliphatic rings. The van der Waals surface area contributed by atoms with E-state index in [-0.39, 0.29) is 0 Å². The highest BCUT2D eigenvalue weighted by Gasteiger charge is 2.17. The van der Waals surface area contributed by atoms with Gasteiger partial charge in [-0.2, -0.15) is 0 Å². The summed E-state index contributed by atoms with van der Waals surface area (Å²) < 4.78 is 4.73. The van der Waals surface area contributed by atoms with Crippen molar-refractivity contribution in [3.05, 3.63) is 17.7 Å². The van der Waals surface area contributed by atoms with E-state index < -0.39 is 0 Å². The molecule has 0 saturated heterocycles. The summed E-state index contributed by atoms with van der Waals surface area (Å²) in [6.45, 7) is 11.1. The Morgan fingerprint density at radius 2 is 1.85 bits per heavy atom. The summed E-state index contributed by atoms with van der Waals surface area (Å²) in [6.07, 6.45) is 4.53. The van der Waals surface area contributed by atoms with Crippen molar-refractivity contribution in [2.24, 2.45) is 0 Å². The van der Waals surface area contributed by atoms with Crippen LogP contribution >= 0.6 is 0 Å². The SMILES string of the molecule is CCc1c(CC)[n+](CC)cn1CC. The second-order valence-electron chi connectivity index (χ2n) is 3.29. The van der Waals surface area contributed by atoms with Crippen molar-refractivity contribution < 1.29 is 4.57 Å². The van der Waals surface area contributed by atoms with Gasteiger partial charge in [-0.1, -0.05) is 13.8 Å². The van der Waals surface area contributed by atoms with Crippen LogP contribution in [-0.4, -0.2) is 4.57 Å². The van der Waals surface area contributed by atoms with E-state index in [0.717, 1.165) is 25.9 Å². The molecule has 1 aromatic rings. The lowest BCUT2D eigenvalue weighted by Gasteiger charge is -1.97. The number of hydrogen-bond acceptors (Lipinski definition) is 0. The maximum Gasteiger partial charge on any atom is 0.244 e. The van der Waals surface area contributed by atoms with Gasteiger partial charge in [0.05, 0.1) is 13.1 Å². The van der Waals surface area contributed by atoms with Crippen LogP contribution in [0.3, 0.4) is 0 Å². The largest absolute Gasteiger partial charge is 0.244 e. The van der Waals surface area contributed by atoms with Gasteiger partial charge in [0, 0.05) is 12.8 Å². The number of aryl methyl sites for hydroxylation is 2. The number of nitrogens with zero attached hydrogens (tertiary/aromatic N) is 2. The van der Waals surface area contributed by atoms with Crippen LogP contribution in [-0.2, 0) is 25.9 Å². The van der Waals surface area contributed by atoms with E-state index in [1.807, 2.05) is 0 Å². The minimum atomic E-state index is 1.09. The number of hydrogen-bond donors (Lipinski definition) is 0. The minimum absolute atomic E-state index is 1.09. The van der Waals surface area contributed by atoms with Crippen molar-refractivity contribution in [1.29, 1.82) is 0 Å². The van der Waals surface area contributed by atoms with Gasteiger partial charge in [0.15, 0.2) is 0 Å². The summed E-state index contributed by atoms with van der Waals surface area (Å²) in [7, 11) is 0. The van der Waals surface area contributed by atoms with Crippen LogP contribution in [0.15, 0.2) is 6.33 Å². The van der Waals surface area contributed by atoms with Gasteiger partial charge in [0.2, 0.25) is 6.33 Å². The quantitative estimate of drug-likeness (QED) is 0.628. The van der Waals surface area contributed by atoms with Crippen LogP contribution in [0.25, 0.3) is 0 Å². The van der Waals surface area contributed by atoms with Crippen LogP contribution in [0.1, 0.15) is 39.1 Å². The minimum Gasteiger partial charge on any atom is -0.234 e. The fourth-order valence-corrected chi connectivity index (χ4v) is 2.00. The van der Waals surface area contributed by atoms with E-state index >= 15 is 0 Å². The first kappa shape index (κ1) is 10.3. The molecule has 0 bridgehead atoms. The Balaban J connectivity index is 3.17. The van der Waals surface area contributed by atoms with Gasteiger partial charge in [-0.25, -0.2) is 9.13 Å². The van der Waals surface area contributed by atoms with E-state index in [4.69, 9.17) is 0 Å². The van der Waals surface area contributed by atoms with Crippen molar-refractivity contribution in [2.45, 2.75) is 53.6 Å². The predicted molar refractivity (Wildman–Crippen MR) is 54.7 cm³/mol. The predicted octanol–water partition coefficient (Wildman–Crippen LogP) is 1.94. The molecule has 2 heteroatoms. The van der Waals surface area contributed by atoms with Crippen LogP contribution in [0.5, 0.6) is 0 Å². The highest BCUT2D eigenvalue weighted by atomic mass is 15.1. The van der Waals surface area contributed by atoms with E-state index in [2.05, 4.69) is 43.2 Å². The average molecular weight is 181 g/mol. The molecular weight excluding hydrogens is 160 g/mol. The maximum atomic E-state index is 2.36. The van der Waals surface area contributed by atoms with Crippen LogP contribution < -0.4 is 4.57 Å². The van der Waals surface area contributed by atoms with Crippen LogP contribution in [0.4, 0.5) is 0 Å². The maximum absolute atomic E-state index is 2.36. The average Bonchev–Trinajstić information content (AvgIpc) is 2.54. The third-order valence-electron chi connectivity index (χ3n) is 2.66. The first-order chi connectivity index (χ1) is 6.28. The fourth-order valence-electron chi connectivity index (χ4n) is 2.00. The zero-order chi connectivity index (χ0) is 9.84. The van der Waals surface area contributed by atoms with Crippen molar-refractivity contribution in [3.8, 4) is 0 Å². The van der Waals surface area contributed by atoms with Gasteiger partial charge >= 0.3 is 0 Å². The Kier molecular flexibility index (Phi) is 3.52. The van der Waals surface area contributed by atoms with Crippen molar-refractivity contribution in [3.63, 3.8) is 0 Å². The van der Waals surface area contributed by atoms with Crippen LogP contribution in [0, 0.1) is 0 Å². The lowest BCUT2D eigenvalue weighted by Crippen LogP contribution is -2.34. The highest BCUT2D eigenvalue weighted by Crippen LogP contribution is 2.07. The fraction of sp³-hybridized carbons (Fsp3) is 0.727. The van der Waals surface area contributed by atoms with Crippen molar-refractivity contribution in [2.75, 3.05) is 0 Å². The lowest BCUT2D eigenvalue weighted by molar-refractivity contribution is -0.700. The Morgan fingerprint density at radius 3 is 2.23 bits per heavy atom. The van der Waals surface area contributed by atoms with Gasteiger partial charge in [-0.15, -0.1) is 0 Å². The molecule has 0 aliphatic carbocycles. The molecule has 0 aromatic carbocycles. The zero-order valence-corrected chi connectivity index (χ0v) is 9.30. The van der Waals surface area contributed by atoms with Crippen LogP contribution in [0.2, 0.25) is 0 Å². The molecule has 1 rings (SSSR count). The highest BCUT2D eigenvalue weighted by molar-refractivity contribution is 5.07. The molecule has 1 heterocycles. The molecule has 0 spiro atoms. The normalized spacial score (nSPS) is 10.8. The van der Waals surface area contributed by atoms with Crippen molar-refractivity contribution >= 4 is 0 Å². The Bertz CT molecular complexity index is 247. The summed E-state index contributed by atoms with van der Waals surface area (Å²) in [5.74, 6) is 0. The number of aromatic nitrogens is 2. The molecule has 0 atom stereocenters. The first-order valence-corrected chi connectivity index (χ1v) is 5.38. The van der Waals surface area contributed by atoms with Gasteiger partial charge in [-0.3, -0.25) is 0 Å². The molecule has 0 unspecified atom stereocenters. The van der Waals surface area contributed by atoms with E-state index in [1.54, 1.807) is 0 Å². The Labute approximate surface area is 81.2 Å². The third kappa shape index (κ3) is 1.77. The summed E-state index contributed by atoms with van der Waals surface area (Å²) >= 11 is 0. The molecule has 0 fully saturated rings. The summed E-state index contributed by atoms with van der Waals surface area (Å²) in [5.41, 5.74) is 3.01. The lowest BCUT2D eigenvalue weighted by atomic mass is 10.2. The second-order valence-corrected chi connectivity index (χ2v) is 3.29. The summed E-state index contributed by atoms with van der Waals surface area (Å²) in [5, 5.41) is 0. The molecule has 1 aromatic heterocycles. The Morgan fingerprint density at radius 1 is 1.15 bits per heavy atom. The molecule has 0 saturated carbocycles. The van der Waals surface area contributed by atoms with E-state index in [9.17, 15) is 0 Å². The number of imidazole rings is 1. The smallest absolute Gasteiger partial charge is 0.234 e. The molecule has 0 amide bonds. The van der Waals surface area contributed by atoms with Gasteiger partial charge < -0.3 is 0 Å². The molecular formula is C11H21N2+. The molecule has 0 radical (unpaired) electrons. The Hall–Kier alpha value is -0.790. The monoisotopic (exact) mass is 181 g/mol. The molecule has 13 heavy (non-hydrogen) atoms.